The van der Waals surface area contributed by atoms with E-state index in [4.69, 9.17) is 28.9 Å². The molecule has 0 aliphatic carbocycles. The van der Waals surface area contributed by atoms with E-state index in [0.29, 0.717) is 20.8 Å². The number of carbonyl (C=O) groups excluding carboxylic acids is 1. The second kappa shape index (κ2) is 5.70. The first-order valence-corrected chi connectivity index (χ1v) is 6.11. The van der Waals surface area contributed by atoms with Gasteiger partial charge < -0.3 is 11.1 Å². The molecule has 0 fully saturated rings. The summed E-state index contributed by atoms with van der Waals surface area (Å²) in [5, 5.41) is 2.79. The molecular weight excluding hydrogens is 255 g/mol. The third-order valence-corrected chi connectivity index (χ3v) is 3.50. The molecule has 0 saturated carbocycles. The summed E-state index contributed by atoms with van der Waals surface area (Å²) in [6, 6.07) is 1.54. The molecule has 0 bridgehead atoms. The van der Waals surface area contributed by atoms with Crippen LogP contribution < -0.4 is 11.1 Å². The molecule has 15 heavy (non-hydrogen) atoms. The van der Waals surface area contributed by atoms with Gasteiger partial charge in [-0.2, -0.15) is 0 Å². The Morgan fingerprint density at radius 3 is 2.73 bits per heavy atom. The Morgan fingerprint density at radius 1 is 1.67 bits per heavy atom. The Kier molecular flexibility index (Phi) is 4.86. The molecule has 1 amide bonds. The van der Waals surface area contributed by atoms with E-state index in [1.54, 1.807) is 6.07 Å². The fraction of sp³-hybridized carbons (Fsp3) is 0.444. The third-order valence-electron chi connectivity index (χ3n) is 2.01. The first-order chi connectivity index (χ1) is 7.08. The van der Waals surface area contributed by atoms with Crippen LogP contribution in [0.1, 0.15) is 23.7 Å². The summed E-state index contributed by atoms with van der Waals surface area (Å²) in [7, 11) is 0. The summed E-state index contributed by atoms with van der Waals surface area (Å²) in [4.78, 5) is 11.7. The molecule has 0 radical (unpaired) electrons. The van der Waals surface area contributed by atoms with E-state index in [-0.39, 0.29) is 11.9 Å². The maximum atomic E-state index is 11.7. The molecule has 0 saturated heterocycles. The number of halogens is 2. The molecule has 0 aromatic carbocycles. The van der Waals surface area contributed by atoms with Gasteiger partial charge in [0, 0.05) is 12.6 Å². The smallest absolute Gasteiger partial charge is 0.253 e. The van der Waals surface area contributed by atoms with Gasteiger partial charge in [-0.3, -0.25) is 4.79 Å². The summed E-state index contributed by atoms with van der Waals surface area (Å²) >= 11 is 12.8. The van der Waals surface area contributed by atoms with Crippen molar-refractivity contribution in [3.8, 4) is 0 Å². The molecule has 6 heteroatoms. The van der Waals surface area contributed by atoms with E-state index in [0.717, 1.165) is 6.42 Å². The highest BCUT2D eigenvalue weighted by Gasteiger charge is 2.16. The van der Waals surface area contributed by atoms with E-state index in [1.165, 1.54) is 11.3 Å². The standard InChI is InChI=1S/C9H12Cl2N2OS/c1-2-5(4-12)13-9(14)6-3-7(10)15-8(6)11/h3,5H,2,4,12H2,1H3,(H,13,14). The molecule has 0 aliphatic heterocycles. The number of hydrogen-bond donors (Lipinski definition) is 2. The fourth-order valence-corrected chi connectivity index (χ4v) is 2.54. The van der Waals surface area contributed by atoms with E-state index in [2.05, 4.69) is 5.32 Å². The Labute approximate surface area is 103 Å². The van der Waals surface area contributed by atoms with Crippen LogP contribution in [0.2, 0.25) is 8.67 Å². The number of nitrogens with two attached hydrogens (primary N) is 1. The summed E-state index contributed by atoms with van der Waals surface area (Å²) in [5.41, 5.74) is 5.90. The predicted molar refractivity (Wildman–Crippen MR) is 64.9 cm³/mol. The molecule has 0 spiro atoms. The van der Waals surface area contributed by atoms with Crippen molar-refractivity contribution >= 4 is 40.4 Å². The average Bonchev–Trinajstić information content (AvgIpc) is 2.54. The van der Waals surface area contributed by atoms with Gasteiger partial charge in [-0.15, -0.1) is 11.3 Å². The van der Waals surface area contributed by atoms with Gasteiger partial charge in [0.25, 0.3) is 5.91 Å². The Morgan fingerprint density at radius 2 is 2.33 bits per heavy atom. The van der Waals surface area contributed by atoms with Crippen molar-refractivity contribution in [2.24, 2.45) is 5.73 Å². The van der Waals surface area contributed by atoms with Crippen molar-refractivity contribution in [2.75, 3.05) is 6.54 Å². The predicted octanol–water partition coefficient (Wildman–Crippen LogP) is 2.52. The summed E-state index contributed by atoms with van der Waals surface area (Å²) in [5.74, 6) is -0.222. The van der Waals surface area contributed by atoms with Gasteiger partial charge in [-0.05, 0) is 12.5 Å². The highest BCUT2D eigenvalue weighted by molar-refractivity contribution is 7.20. The van der Waals surface area contributed by atoms with Gasteiger partial charge in [-0.1, -0.05) is 30.1 Å². The van der Waals surface area contributed by atoms with Crippen molar-refractivity contribution in [3.05, 3.63) is 20.3 Å². The van der Waals surface area contributed by atoms with Crippen molar-refractivity contribution in [1.82, 2.24) is 5.32 Å². The van der Waals surface area contributed by atoms with Crippen molar-refractivity contribution < 1.29 is 4.79 Å². The van der Waals surface area contributed by atoms with Gasteiger partial charge in [0.2, 0.25) is 0 Å². The summed E-state index contributed by atoms with van der Waals surface area (Å²) in [6.45, 7) is 2.37. The second-order valence-electron chi connectivity index (χ2n) is 3.05. The van der Waals surface area contributed by atoms with Crippen LogP contribution in [0, 0.1) is 0 Å². The number of amides is 1. The van der Waals surface area contributed by atoms with E-state index in [9.17, 15) is 4.79 Å². The van der Waals surface area contributed by atoms with Crippen LogP contribution in [0.5, 0.6) is 0 Å². The molecule has 84 valence electrons. The van der Waals surface area contributed by atoms with Crippen LogP contribution in [-0.2, 0) is 0 Å². The van der Waals surface area contributed by atoms with E-state index in [1.807, 2.05) is 6.92 Å². The minimum Gasteiger partial charge on any atom is -0.348 e. The lowest BCUT2D eigenvalue weighted by Gasteiger charge is -2.13. The van der Waals surface area contributed by atoms with E-state index < -0.39 is 0 Å². The Balaban J connectivity index is 2.72. The third kappa shape index (κ3) is 3.34. The van der Waals surface area contributed by atoms with Crippen molar-refractivity contribution in [2.45, 2.75) is 19.4 Å². The second-order valence-corrected chi connectivity index (χ2v) is 5.34. The first-order valence-electron chi connectivity index (χ1n) is 4.54. The van der Waals surface area contributed by atoms with Gasteiger partial charge in [0.15, 0.2) is 0 Å². The summed E-state index contributed by atoms with van der Waals surface area (Å²) in [6.07, 6.45) is 0.789. The van der Waals surface area contributed by atoms with Crippen LogP contribution in [0.3, 0.4) is 0 Å². The maximum Gasteiger partial charge on any atom is 0.253 e. The highest BCUT2D eigenvalue weighted by atomic mass is 35.5. The molecule has 1 atom stereocenters. The van der Waals surface area contributed by atoms with Crippen LogP contribution in [0.25, 0.3) is 0 Å². The van der Waals surface area contributed by atoms with Crippen LogP contribution in [0.4, 0.5) is 0 Å². The molecule has 0 aliphatic rings. The fourth-order valence-electron chi connectivity index (χ4n) is 1.09. The van der Waals surface area contributed by atoms with Gasteiger partial charge in [-0.25, -0.2) is 0 Å². The molecule has 1 aromatic rings. The minimum absolute atomic E-state index is 0.0211. The lowest BCUT2D eigenvalue weighted by atomic mass is 10.2. The van der Waals surface area contributed by atoms with Crippen LogP contribution >= 0.6 is 34.5 Å². The molecule has 1 heterocycles. The monoisotopic (exact) mass is 266 g/mol. The largest absolute Gasteiger partial charge is 0.348 e. The number of rotatable bonds is 4. The zero-order valence-electron chi connectivity index (χ0n) is 8.22. The minimum atomic E-state index is -0.222. The first kappa shape index (κ1) is 12.8. The Hall–Kier alpha value is -0.290. The molecular formula is C9H12Cl2N2OS. The Bertz CT molecular complexity index is 350. The highest BCUT2D eigenvalue weighted by Crippen LogP contribution is 2.30. The van der Waals surface area contributed by atoms with Crippen LogP contribution in [0.15, 0.2) is 6.07 Å². The lowest BCUT2D eigenvalue weighted by Crippen LogP contribution is -2.39. The zero-order chi connectivity index (χ0) is 11.4. The topological polar surface area (TPSA) is 55.1 Å². The normalized spacial score (nSPS) is 12.5. The maximum absolute atomic E-state index is 11.7. The van der Waals surface area contributed by atoms with Gasteiger partial charge >= 0.3 is 0 Å². The SMILES string of the molecule is CCC(CN)NC(=O)c1cc(Cl)sc1Cl. The lowest BCUT2D eigenvalue weighted by molar-refractivity contribution is 0.0938. The molecule has 1 aromatic heterocycles. The van der Waals surface area contributed by atoms with Crippen LogP contribution in [-0.4, -0.2) is 18.5 Å². The number of nitrogens with one attached hydrogen (secondary N) is 1. The van der Waals surface area contributed by atoms with Gasteiger partial charge in [0.1, 0.15) is 4.34 Å². The average molecular weight is 267 g/mol. The molecule has 1 unspecified atom stereocenters. The van der Waals surface area contributed by atoms with E-state index >= 15 is 0 Å². The quantitative estimate of drug-likeness (QED) is 0.880. The van der Waals surface area contributed by atoms with Gasteiger partial charge in [0.05, 0.1) is 9.90 Å². The molecule has 1 rings (SSSR count). The zero-order valence-corrected chi connectivity index (χ0v) is 10.5. The number of hydrogen-bond acceptors (Lipinski definition) is 3. The summed E-state index contributed by atoms with van der Waals surface area (Å²) < 4.78 is 0.912. The number of thiophene rings is 1. The van der Waals surface area contributed by atoms with Crippen molar-refractivity contribution in [3.63, 3.8) is 0 Å². The van der Waals surface area contributed by atoms with Crippen molar-refractivity contribution in [1.29, 1.82) is 0 Å². The molecule has 3 nitrogen and oxygen atoms in total. The molecule has 3 N–H and O–H groups in total. The number of carbonyl (C=O) groups is 1.